The van der Waals surface area contributed by atoms with Gasteiger partial charge in [0.15, 0.2) is 0 Å². The number of hydrogen-bond donors (Lipinski definition) is 4. The van der Waals surface area contributed by atoms with E-state index in [1.165, 1.54) is 0 Å². The van der Waals surface area contributed by atoms with Crippen LogP contribution in [0.3, 0.4) is 0 Å². The lowest BCUT2D eigenvalue weighted by atomic mass is 10.3. The first-order chi connectivity index (χ1) is 10.2. The fourth-order valence-corrected chi connectivity index (χ4v) is 1.56. The number of nitrogens with one attached hydrogen (secondary N) is 4. The van der Waals surface area contributed by atoms with Gasteiger partial charge in [-0.3, -0.25) is 4.79 Å². The topological polar surface area (TPSA) is 65.2 Å². The molecule has 4 N–H and O–H groups in total. The van der Waals surface area contributed by atoms with E-state index in [4.69, 9.17) is 12.8 Å². The Labute approximate surface area is 128 Å². The summed E-state index contributed by atoms with van der Waals surface area (Å²) < 4.78 is 0. The molecule has 0 saturated carbocycles. The minimum Gasteiger partial charge on any atom is -0.379 e. The lowest BCUT2D eigenvalue weighted by Gasteiger charge is -2.07. The van der Waals surface area contributed by atoms with Crippen molar-refractivity contribution in [3.63, 3.8) is 0 Å². The molecule has 0 aromatic carbocycles. The molecule has 0 fully saturated rings. The molecule has 0 aliphatic carbocycles. The zero-order valence-electron chi connectivity index (χ0n) is 12.6. The number of carbonyl (C=O) groups excluding carboxylic acids is 1. The molecule has 0 bridgehead atoms. The van der Waals surface area contributed by atoms with Crippen molar-refractivity contribution in [2.24, 2.45) is 0 Å². The molecule has 0 unspecified atom stereocenters. The van der Waals surface area contributed by atoms with Crippen LogP contribution in [-0.4, -0.2) is 45.2 Å². The van der Waals surface area contributed by atoms with Gasteiger partial charge in [-0.2, -0.15) is 0 Å². The summed E-state index contributed by atoms with van der Waals surface area (Å²) in [6, 6.07) is 0. The lowest BCUT2D eigenvalue weighted by Crippen LogP contribution is -2.28. The third kappa shape index (κ3) is 14.3. The zero-order valence-corrected chi connectivity index (χ0v) is 12.6. The Morgan fingerprint density at radius 2 is 1.29 bits per heavy atom. The van der Waals surface area contributed by atoms with Crippen LogP contribution < -0.4 is 21.3 Å². The summed E-state index contributed by atoms with van der Waals surface area (Å²) in [6.45, 7) is 8.91. The molecule has 116 valence electrons. The van der Waals surface area contributed by atoms with E-state index >= 15 is 0 Å². The first-order valence-electron chi connectivity index (χ1n) is 7.26. The van der Waals surface area contributed by atoms with E-state index in [2.05, 4.69) is 33.8 Å². The molecule has 0 heterocycles. The highest BCUT2D eigenvalue weighted by Gasteiger charge is 1.94. The van der Waals surface area contributed by atoms with Crippen LogP contribution in [0.2, 0.25) is 0 Å². The number of rotatable bonds is 13. The lowest BCUT2D eigenvalue weighted by molar-refractivity contribution is -0.115. The number of carbonyl (C=O) groups is 1. The van der Waals surface area contributed by atoms with Gasteiger partial charge in [0.25, 0.3) is 5.91 Å². The Morgan fingerprint density at radius 1 is 0.810 bits per heavy atom. The Morgan fingerprint density at radius 3 is 1.76 bits per heavy atom. The van der Waals surface area contributed by atoms with Crippen molar-refractivity contribution < 1.29 is 4.79 Å². The van der Waals surface area contributed by atoms with E-state index in [0.29, 0.717) is 12.2 Å². The molecule has 5 heteroatoms. The normalized spacial score (nSPS) is 9.43. The van der Waals surface area contributed by atoms with Crippen LogP contribution in [0.5, 0.6) is 0 Å². The summed E-state index contributed by atoms with van der Waals surface area (Å²) in [5, 5.41) is 12.3. The molecule has 0 atom stereocenters. The maximum Gasteiger partial charge on any atom is 0.295 e. The monoisotopic (exact) mass is 290 g/mol. The Bertz CT molecular complexity index is 343. The summed E-state index contributed by atoms with van der Waals surface area (Å²) in [4.78, 5) is 10.8. The summed E-state index contributed by atoms with van der Waals surface area (Å²) in [6.07, 6.45) is 13.1. The van der Waals surface area contributed by atoms with Gasteiger partial charge in [0, 0.05) is 13.1 Å². The molecule has 0 aromatic heterocycles. The average Bonchev–Trinajstić information content (AvgIpc) is 2.51. The molecule has 0 aliphatic heterocycles. The molecule has 0 rings (SSSR count). The Kier molecular flexibility index (Phi) is 13.1. The Balaban J connectivity index is 3.10. The largest absolute Gasteiger partial charge is 0.379 e. The van der Waals surface area contributed by atoms with E-state index in [1.807, 2.05) is 5.92 Å². The van der Waals surface area contributed by atoms with Crippen molar-refractivity contribution in [3.05, 3.63) is 12.3 Å². The van der Waals surface area contributed by atoms with Crippen LogP contribution in [0.25, 0.3) is 0 Å². The smallest absolute Gasteiger partial charge is 0.295 e. The molecule has 0 radical (unpaired) electrons. The molecule has 0 saturated heterocycles. The standard InChI is InChI=1S/C16H26N4O/c1-4-15(3)19-13-7-11-17-9-6-10-18-12-8-14-20-16(21)5-2/h1-2,17-19H,3,6-14H2,(H,20,21). The molecule has 1 amide bonds. The molecule has 21 heavy (non-hydrogen) atoms. The summed E-state index contributed by atoms with van der Waals surface area (Å²) in [7, 11) is 0. The van der Waals surface area contributed by atoms with Gasteiger partial charge in [-0.1, -0.05) is 12.5 Å². The summed E-state index contributed by atoms with van der Waals surface area (Å²) in [5.74, 6) is 4.12. The van der Waals surface area contributed by atoms with Gasteiger partial charge in [0.1, 0.15) is 0 Å². The quantitative estimate of drug-likeness (QED) is 0.281. The minimum absolute atomic E-state index is 0.348. The van der Waals surface area contributed by atoms with Gasteiger partial charge in [0.05, 0.1) is 5.70 Å². The summed E-state index contributed by atoms with van der Waals surface area (Å²) in [5.41, 5.74) is 0.637. The van der Waals surface area contributed by atoms with Crippen LogP contribution >= 0.6 is 0 Å². The van der Waals surface area contributed by atoms with Crippen molar-refractivity contribution in [1.29, 1.82) is 0 Å². The van der Waals surface area contributed by atoms with Crippen LogP contribution in [0.1, 0.15) is 19.3 Å². The van der Waals surface area contributed by atoms with Gasteiger partial charge >= 0.3 is 0 Å². The number of terminal acetylenes is 2. The molecule has 0 spiro atoms. The van der Waals surface area contributed by atoms with Crippen molar-refractivity contribution >= 4 is 5.91 Å². The third-order valence-electron chi connectivity index (χ3n) is 2.70. The predicted molar refractivity (Wildman–Crippen MR) is 87.4 cm³/mol. The highest BCUT2D eigenvalue weighted by molar-refractivity contribution is 5.92. The second kappa shape index (κ2) is 14.5. The van der Waals surface area contributed by atoms with Crippen molar-refractivity contribution in [2.75, 3.05) is 39.3 Å². The van der Waals surface area contributed by atoms with Gasteiger partial charge in [-0.05, 0) is 51.4 Å². The zero-order chi connectivity index (χ0) is 15.8. The fraction of sp³-hybridized carbons (Fsp3) is 0.562. The van der Waals surface area contributed by atoms with Crippen LogP contribution in [0.15, 0.2) is 12.3 Å². The average molecular weight is 290 g/mol. The van der Waals surface area contributed by atoms with Crippen LogP contribution in [0.4, 0.5) is 0 Å². The summed E-state index contributed by atoms with van der Waals surface area (Å²) >= 11 is 0. The molecule has 5 nitrogen and oxygen atoms in total. The number of allylic oxidation sites excluding steroid dienone is 1. The second-order valence-corrected chi connectivity index (χ2v) is 4.51. The Hall–Kier alpha value is -1.95. The molecular weight excluding hydrogens is 264 g/mol. The second-order valence-electron chi connectivity index (χ2n) is 4.51. The molecular formula is C16H26N4O. The molecule has 0 aliphatic rings. The van der Waals surface area contributed by atoms with Crippen molar-refractivity contribution in [2.45, 2.75) is 19.3 Å². The van der Waals surface area contributed by atoms with Crippen LogP contribution in [-0.2, 0) is 4.79 Å². The highest BCUT2D eigenvalue weighted by Crippen LogP contribution is 1.82. The van der Waals surface area contributed by atoms with Crippen molar-refractivity contribution in [3.8, 4) is 24.7 Å². The van der Waals surface area contributed by atoms with E-state index < -0.39 is 0 Å². The number of amides is 1. The van der Waals surface area contributed by atoms with Gasteiger partial charge < -0.3 is 21.3 Å². The van der Waals surface area contributed by atoms with Crippen LogP contribution in [0, 0.1) is 24.7 Å². The molecule has 0 aromatic rings. The number of hydrogen-bond acceptors (Lipinski definition) is 4. The first kappa shape index (κ1) is 19.1. The fourth-order valence-electron chi connectivity index (χ4n) is 1.56. The van der Waals surface area contributed by atoms with Gasteiger partial charge in [-0.25, -0.2) is 0 Å². The van der Waals surface area contributed by atoms with E-state index in [1.54, 1.807) is 0 Å². The third-order valence-corrected chi connectivity index (χ3v) is 2.70. The van der Waals surface area contributed by atoms with E-state index in [-0.39, 0.29) is 5.91 Å². The predicted octanol–water partition coefficient (Wildman–Crippen LogP) is -0.178. The van der Waals surface area contributed by atoms with E-state index in [0.717, 1.165) is 52.0 Å². The van der Waals surface area contributed by atoms with Crippen molar-refractivity contribution in [1.82, 2.24) is 21.3 Å². The maximum atomic E-state index is 10.8. The first-order valence-corrected chi connectivity index (χ1v) is 7.26. The van der Waals surface area contributed by atoms with Gasteiger partial charge in [0.2, 0.25) is 0 Å². The minimum atomic E-state index is -0.348. The maximum absolute atomic E-state index is 10.8. The highest BCUT2D eigenvalue weighted by atomic mass is 16.1. The SMILES string of the molecule is C#CC(=C)NCCCNCCCNCCCNC(=O)C#C. The van der Waals surface area contributed by atoms with E-state index in [9.17, 15) is 4.79 Å². The van der Waals surface area contributed by atoms with Gasteiger partial charge in [-0.15, -0.1) is 12.8 Å².